The molecule has 0 aliphatic carbocycles. The Kier molecular flexibility index (Phi) is 7.83. The number of carbonyl (C=O) groups excluding carboxylic acids is 3. The number of nitrogens with two attached hydrogens (primary N) is 1. The number of hydrogen-bond donors (Lipinski definition) is 3. The molecular formula is C20H23N3O5. The molecule has 0 aliphatic rings. The molecule has 0 heterocycles. The van der Waals surface area contributed by atoms with Crippen molar-refractivity contribution in [1.82, 2.24) is 10.6 Å². The van der Waals surface area contributed by atoms with Gasteiger partial charge in [0, 0.05) is 6.42 Å². The molecule has 0 aromatic heterocycles. The molecule has 4 N–H and O–H groups in total. The summed E-state index contributed by atoms with van der Waals surface area (Å²) in [6.45, 7) is -0.240. The highest BCUT2D eigenvalue weighted by molar-refractivity contribution is 5.88. The van der Waals surface area contributed by atoms with Gasteiger partial charge in [0.2, 0.25) is 11.8 Å². The molecule has 0 radical (unpaired) electrons. The van der Waals surface area contributed by atoms with Gasteiger partial charge in [0.25, 0.3) is 0 Å². The Balaban J connectivity index is 1.78. The number of amides is 3. The van der Waals surface area contributed by atoms with Crippen molar-refractivity contribution in [3.63, 3.8) is 0 Å². The number of nitrogens with one attached hydrogen (secondary N) is 2. The number of rotatable bonds is 9. The van der Waals surface area contributed by atoms with Crippen molar-refractivity contribution < 1.29 is 23.9 Å². The van der Waals surface area contributed by atoms with Gasteiger partial charge < -0.3 is 25.8 Å². The van der Waals surface area contributed by atoms with Crippen LogP contribution in [0, 0.1) is 0 Å². The van der Waals surface area contributed by atoms with Gasteiger partial charge in [-0.3, -0.25) is 9.59 Å². The van der Waals surface area contributed by atoms with Crippen LogP contribution < -0.4 is 21.1 Å². The number of carbonyl (C=O) groups is 3. The minimum absolute atomic E-state index is 0.0929. The predicted molar refractivity (Wildman–Crippen MR) is 102 cm³/mol. The molecule has 0 spiro atoms. The van der Waals surface area contributed by atoms with E-state index in [9.17, 15) is 14.4 Å². The molecular weight excluding hydrogens is 362 g/mol. The average molecular weight is 385 g/mol. The number of methoxy groups -OCH3 is 1. The molecule has 2 aromatic rings. The lowest BCUT2D eigenvalue weighted by Gasteiger charge is -2.16. The van der Waals surface area contributed by atoms with E-state index in [-0.39, 0.29) is 19.6 Å². The van der Waals surface area contributed by atoms with Crippen LogP contribution in [0.15, 0.2) is 54.6 Å². The fraction of sp³-hybridized carbons (Fsp3) is 0.250. The standard InChI is InChI=1S/C20H23N3O5/c1-27-16-9-7-14(8-10-16)11-17(19(21)25)23-18(24)12-22-20(26)28-13-15-5-3-2-4-6-15/h2-10,17H,11-13H2,1H3,(H2,21,25)(H,22,26)(H,23,24). The number of ether oxygens (including phenoxy) is 2. The zero-order valence-electron chi connectivity index (χ0n) is 15.5. The molecule has 2 aromatic carbocycles. The van der Waals surface area contributed by atoms with Crippen LogP contribution in [0.25, 0.3) is 0 Å². The van der Waals surface area contributed by atoms with Gasteiger partial charge in [-0.2, -0.15) is 0 Å². The van der Waals surface area contributed by atoms with E-state index < -0.39 is 23.9 Å². The fourth-order valence-electron chi connectivity index (χ4n) is 2.39. The Bertz CT molecular complexity index is 793. The Morgan fingerprint density at radius 1 is 1.00 bits per heavy atom. The lowest BCUT2D eigenvalue weighted by molar-refractivity contribution is -0.126. The van der Waals surface area contributed by atoms with Gasteiger partial charge in [-0.1, -0.05) is 42.5 Å². The van der Waals surface area contributed by atoms with Gasteiger partial charge in [-0.25, -0.2) is 4.79 Å². The van der Waals surface area contributed by atoms with Crippen LogP contribution in [-0.4, -0.2) is 37.6 Å². The molecule has 3 amide bonds. The van der Waals surface area contributed by atoms with Crippen molar-refractivity contribution >= 4 is 17.9 Å². The molecule has 0 saturated carbocycles. The molecule has 1 unspecified atom stereocenters. The maximum atomic E-state index is 12.0. The SMILES string of the molecule is COc1ccc(CC(NC(=O)CNC(=O)OCc2ccccc2)C(N)=O)cc1. The van der Waals surface area contributed by atoms with Gasteiger partial charge in [-0.15, -0.1) is 0 Å². The average Bonchev–Trinajstić information content (AvgIpc) is 2.71. The van der Waals surface area contributed by atoms with Gasteiger partial charge in [0.15, 0.2) is 0 Å². The van der Waals surface area contributed by atoms with Crippen molar-refractivity contribution in [1.29, 1.82) is 0 Å². The van der Waals surface area contributed by atoms with Crippen LogP contribution in [0.1, 0.15) is 11.1 Å². The van der Waals surface area contributed by atoms with E-state index >= 15 is 0 Å². The summed E-state index contributed by atoms with van der Waals surface area (Å²) in [5.41, 5.74) is 7.00. The van der Waals surface area contributed by atoms with Gasteiger partial charge >= 0.3 is 6.09 Å². The summed E-state index contributed by atoms with van der Waals surface area (Å²) in [5.74, 6) is -0.536. The molecule has 8 nitrogen and oxygen atoms in total. The highest BCUT2D eigenvalue weighted by Crippen LogP contribution is 2.12. The smallest absolute Gasteiger partial charge is 0.407 e. The van der Waals surface area contributed by atoms with E-state index in [4.69, 9.17) is 15.2 Å². The van der Waals surface area contributed by atoms with E-state index in [2.05, 4.69) is 10.6 Å². The number of benzene rings is 2. The summed E-state index contributed by atoms with van der Waals surface area (Å²) < 4.78 is 10.1. The number of hydrogen-bond acceptors (Lipinski definition) is 5. The van der Waals surface area contributed by atoms with Crippen LogP contribution in [0.3, 0.4) is 0 Å². The van der Waals surface area contributed by atoms with E-state index in [0.29, 0.717) is 5.75 Å². The molecule has 0 aliphatic heterocycles. The van der Waals surface area contributed by atoms with E-state index in [1.165, 1.54) is 0 Å². The molecule has 0 saturated heterocycles. The van der Waals surface area contributed by atoms with Crippen LogP contribution in [-0.2, 0) is 27.4 Å². The second-order valence-corrected chi connectivity index (χ2v) is 5.99. The molecule has 2 rings (SSSR count). The third-order valence-electron chi connectivity index (χ3n) is 3.88. The van der Waals surface area contributed by atoms with Gasteiger partial charge in [0.1, 0.15) is 24.9 Å². The molecule has 148 valence electrons. The summed E-state index contributed by atoms with van der Waals surface area (Å²) in [6.07, 6.45) is -0.506. The lowest BCUT2D eigenvalue weighted by atomic mass is 10.1. The van der Waals surface area contributed by atoms with Gasteiger partial charge in [-0.05, 0) is 23.3 Å². The molecule has 0 fully saturated rings. The summed E-state index contributed by atoms with van der Waals surface area (Å²) in [7, 11) is 1.55. The zero-order valence-corrected chi connectivity index (χ0v) is 15.5. The minimum atomic E-state index is -0.900. The van der Waals surface area contributed by atoms with Crippen molar-refractivity contribution in [2.75, 3.05) is 13.7 Å². The summed E-state index contributed by atoms with van der Waals surface area (Å²) in [4.78, 5) is 35.3. The summed E-state index contributed by atoms with van der Waals surface area (Å²) in [6, 6.07) is 15.3. The molecule has 28 heavy (non-hydrogen) atoms. The molecule has 8 heteroatoms. The normalized spacial score (nSPS) is 11.2. The van der Waals surface area contributed by atoms with Crippen LogP contribution in [0.4, 0.5) is 4.79 Å². The summed E-state index contributed by atoms with van der Waals surface area (Å²) >= 11 is 0. The maximum Gasteiger partial charge on any atom is 0.407 e. The second kappa shape index (κ2) is 10.6. The minimum Gasteiger partial charge on any atom is -0.497 e. The fourth-order valence-corrected chi connectivity index (χ4v) is 2.39. The molecule has 0 bridgehead atoms. The third kappa shape index (κ3) is 6.99. The van der Waals surface area contributed by atoms with Crippen LogP contribution in [0.5, 0.6) is 5.75 Å². The predicted octanol–water partition coefficient (Wildman–Crippen LogP) is 1.13. The van der Waals surface area contributed by atoms with Gasteiger partial charge in [0.05, 0.1) is 7.11 Å². The zero-order chi connectivity index (χ0) is 20.4. The first-order valence-corrected chi connectivity index (χ1v) is 8.64. The monoisotopic (exact) mass is 385 g/mol. The second-order valence-electron chi connectivity index (χ2n) is 5.99. The number of alkyl carbamates (subject to hydrolysis) is 1. The molecule has 1 atom stereocenters. The Morgan fingerprint density at radius 2 is 1.68 bits per heavy atom. The number of primary amides is 1. The van der Waals surface area contributed by atoms with Crippen molar-refractivity contribution in [2.24, 2.45) is 5.73 Å². The Hall–Kier alpha value is -3.55. The van der Waals surface area contributed by atoms with Crippen molar-refractivity contribution in [3.05, 3.63) is 65.7 Å². The summed E-state index contributed by atoms with van der Waals surface area (Å²) in [5, 5.41) is 4.84. The van der Waals surface area contributed by atoms with Crippen LogP contribution in [0.2, 0.25) is 0 Å². The maximum absolute atomic E-state index is 12.0. The Morgan fingerprint density at radius 3 is 2.29 bits per heavy atom. The first-order valence-electron chi connectivity index (χ1n) is 8.64. The topological polar surface area (TPSA) is 120 Å². The quantitative estimate of drug-likeness (QED) is 0.598. The van der Waals surface area contributed by atoms with Crippen molar-refractivity contribution in [3.8, 4) is 5.75 Å². The first-order chi connectivity index (χ1) is 13.5. The highest BCUT2D eigenvalue weighted by atomic mass is 16.5. The Labute approximate surface area is 163 Å². The largest absolute Gasteiger partial charge is 0.497 e. The van der Waals surface area contributed by atoms with E-state index in [1.54, 1.807) is 31.4 Å². The first kappa shape index (κ1) is 20.8. The van der Waals surface area contributed by atoms with E-state index in [1.807, 2.05) is 30.3 Å². The van der Waals surface area contributed by atoms with Crippen LogP contribution >= 0.6 is 0 Å². The highest BCUT2D eigenvalue weighted by Gasteiger charge is 2.19. The van der Waals surface area contributed by atoms with Crippen molar-refractivity contribution in [2.45, 2.75) is 19.1 Å². The third-order valence-corrected chi connectivity index (χ3v) is 3.88. The lowest BCUT2D eigenvalue weighted by Crippen LogP contribution is -2.49. The van der Waals surface area contributed by atoms with E-state index in [0.717, 1.165) is 11.1 Å².